The molecule has 1 saturated heterocycles. The molecular formula is C12H26IN3OS. The number of hydrogen-bond acceptors (Lipinski definition) is 3. The van der Waals surface area contributed by atoms with Crippen molar-refractivity contribution in [1.29, 1.82) is 0 Å². The van der Waals surface area contributed by atoms with Gasteiger partial charge in [0, 0.05) is 24.5 Å². The maximum Gasteiger partial charge on any atom is 0.188 e. The second kappa shape index (κ2) is 10.1. The van der Waals surface area contributed by atoms with Crippen LogP contribution in [0.4, 0.5) is 0 Å². The third kappa shape index (κ3) is 6.47. The van der Waals surface area contributed by atoms with Crippen LogP contribution in [0.5, 0.6) is 0 Å². The van der Waals surface area contributed by atoms with Gasteiger partial charge in [-0.3, -0.25) is 4.99 Å². The van der Waals surface area contributed by atoms with Crippen LogP contribution in [0.15, 0.2) is 4.99 Å². The molecule has 0 atom stereocenters. The van der Waals surface area contributed by atoms with Crippen molar-refractivity contribution in [3.63, 3.8) is 0 Å². The summed E-state index contributed by atoms with van der Waals surface area (Å²) in [5, 5.41) is 3.15. The molecule has 3 N–H and O–H groups in total. The smallest absolute Gasteiger partial charge is 0.188 e. The van der Waals surface area contributed by atoms with Gasteiger partial charge in [0.25, 0.3) is 0 Å². The lowest BCUT2D eigenvalue weighted by molar-refractivity contribution is 0.0794. The van der Waals surface area contributed by atoms with Crippen molar-refractivity contribution in [2.75, 3.05) is 32.6 Å². The van der Waals surface area contributed by atoms with Crippen molar-refractivity contribution in [1.82, 2.24) is 5.32 Å². The third-order valence-corrected chi connectivity index (χ3v) is 4.61. The minimum Gasteiger partial charge on any atom is -0.381 e. The summed E-state index contributed by atoms with van der Waals surface area (Å²) in [6.45, 7) is 5.57. The Hall–Kier alpha value is 0.310. The Labute approximate surface area is 132 Å². The highest BCUT2D eigenvalue weighted by Crippen LogP contribution is 2.33. The molecule has 1 aliphatic heterocycles. The van der Waals surface area contributed by atoms with Crippen LogP contribution < -0.4 is 11.1 Å². The van der Waals surface area contributed by atoms with Gasteiger partial charge < -0.3 is 15.8 Å². The molecule has 0 aromatic carbocycles. The molecule has 108 valence electrons. The van der Waals surface area contributed by atoms with E-state index in [1.165, 1.54) is 6.42 Å². The van der Waals surface area contributed by atoms with Gasteiger partial charge in [-0.05, 0) is 25.5 Å². The first-order valence-electron chi connectivity index (χ1n) is 6.39. The Bertz CT molecular complexity index is 245. The standard InChI is InChI=1S/C12H25N3OS.HI/c1-3-4-7-14-11(13)15-10-12(17-2)5-8-16-9-6-12;/h3-10H2,1-2H3,(H3,13,14,15);1H. The van der Waals surface area contributed by atoms with Gasteiger partial charge >= 0.3 is 0 Å². The zero-order chi connectivity index (χ0) is 12.6. The Kier molecular flexibility index (Phi) is 10.3. The molecule has 0 unspecified atom stereocenters. The van der Waals surface area contributed by atoms with Gasteiger partial charge in [0.05, 0.1) is 6.54 Å². The zero-order valence-corrected chi connectivity index (χ0v) is 14.6. The van der Waals surface area contributed by atoms with Crippen LogP contribution in [-0.2, 0) is 4.74 Å². The molecule has 1 aliphatic rings. The number of ether oxygens (including phenoxy) is 1. The molecule has 0 saturated carbocycles. The van der Waals surface area contributed by atoms with Gasteiger partial charge in [0.15, 0.2) is 5.96 Å². The maximum absolute atomic E-state index is 5.84. The number of nitrogens with zero attached hydrogens (tertiary/aromatic N) is 1. The fraction of sp³-hybridized carbons (Fsp3) is 0.917. The minimum absolute atomic E-state index is 0. The van der Waals surface area contributed by atoms with Crippen LogP contribution in [0.25, 0.3) is 0 Å². The van der Waals surface area contributed by atoms with Gasteiger partial charge in [-0.25, -0.2) is 0 Å². The van der Waals surface area contributed by atoms with Crippen LogP contribution in [0.1, 0.15) is 32.6 Å². The van der Waals surface area contributed by atoms with E-state index in [4.69, 9.17) is 10.5 Å². The fourth-order valence-corrected chi connectivity index (χ4v) is 2.62. The number of guanidine groups is 1. The Balaban J connectivity index is 0.00000289. The Morgan fingerprint density at radius 1 is 1.44 bits per heavy atom. The van der Waals surface area contributed by atoms with Gasteiger partial charge in [-0.1, -0.05) is 13.3 Å². The number of thioether (sulfide) groups is 1. The van der Waals surface area contributed by atoms with E-state index in [0.29, 0.717) is 5.96 Å². The summed E-state index contributed by atoms with van der Waals surface area (Å²) in [5.74, 6) is 0.582. The molecule has 6 heteroatoms. The van der Waals surface area contributed by atoms with Crippen molar-refractivity contribution in [3.05, 3.63) is 0 Å². The quantitative estimate of drug-likeness (QED) is 0.318. The van der Waals surface area contributed by atoms with E-state index in [0.717, 1.165) is 45.6 Å². The summed E-state index contributed by atoms with van der Waals surface area (Å²) in [6.07, 6.45) is 6.60. The fourth-order valence-electron chi connectivity index (χ4n) is 1.85. The molecule has 0 spiro atoms. The van der Waals surface area contributed by atoms with Crippen LogP contribution in [0.2, 0.25) is 0 Å². The number of nitrogens with two attached hydrogens (primary N) is 1. The first kappa shape index (κ1) is 18.3. The largest absolute Gasteiger partial charge is 0.381 e. The number of aliphatic imine (C=N–C) groups is 1. The summed E-state index contributed by atoms with van der Waals surface area (Å²) in [7, 11) is 0. The highest BCUT2D eigenvalue weighted by atomic mass is 127. The predicted molar refractivity (Wildman–Crippen MR) is 91.1 cm³/mol. The van der Waals surface area contributed by atoms with Crippen molar-refractivity contribution in [2.24, 2.45) is 10.7 Å². The topological polar surface area (TPSA) is 59.6 Å². The number of nitrogens with one attached hydrogen (secondary N) is 1. The van der Waals surface area contributed by atoms with E-state index in [2.05, 4.69) is 23.5 Å². The molecule has 0 aromatic heterocycles. The highest BCUT2D eigenvalue weighted by molar-refractivity contribution is 14.0. The van der Waals surface area contributed by atoms with E-state index >= 15 is 0 Å². The maximum atomic E-state index is 5.84. The summed E-state index contributed by atoms with van der Waals surface area (Å²) >= 11 is 1.89. The second-order valence-corrected chi connectivity index (χ2v) is 5.76. The predicted octanol–water partition coefficient (Wildman–Crippen LogP) is 2.22. The van der Waals surface area contributed by atoms with Crippen LogP contribution in [0, 0.1) is 0 Å². The highest BCUT2D eigenvalue weighted by Gasteiger charge is 2.31. The van der Waals surface area contributed by atoms with E-state index in [9.17, 15) is 0 Å². The van der Waals surface area contributed by atoms with E-state index < -0.39 is 0 Å². The first-order chi connectivity index (χ1) is 8.22. The van der Waals surface area contributed by atoms with Gasteiger partial charge in [0.2, 0.25) is 0 Å². The first-order valence-corrected chi connectivity index (χ1v) is 7.61. The molecule has 0 radical (unpaired) electrons. The molecule has 0 amide bonds. The Morgan fingerprint density at radius 2 is 2.11 bits per heavy atom. The van der Waals surface area contributed by atoms with E-state index in [1.54, 1.807) is 0 Å². The summed E-state index contributed by atoms with van der Waals surface area (Å²) in [6, 6.07) is 0. The average Bonchev–Trinajstić information content (AvgIpc) is 2.38. The monoisotopic (exact) mass is 387 g/mol. The lowest BCUT2D eigenvalue weighted by Gasteiger charge is -2.34. The molecule has 0 aromatic rings. The molecule has 0 bridgehead atoms. The lowest BCUT2D eigenvalue weighted by Crippen LogP contribution is -2.38. The zero-order valence-electron chi connectivity index (χ0n) is 11.4. The minimum atomic E-state index is 0. The molecule has 1 heterocycles. The van der Waals surface area contributed by atoms with Crippen LogP contribution in [-0.4, -0.2) is 43.3 Å². The lowest BCUT2D eigenvalue weighted by atomic mass is 9.99. The average molecular weight is 387 g/mol. The second-order valence-electron chi connectivity index (χ2n) is 4.48. The molecule has 1 fully saturated rings. The number of unbranched alkanes of at least 4 members (excludes halogenated alkanes) is 1. The third-order valence-electron chi connectivity index (χ3n) is 3.21. The van der Waals surface area contributed by atoms with Crippen LogP contribution >= 0.6 is 35.7 Å². The normalized spacial score (nSPS) is 19.1. The van der Waals surface area contributed by atoms with Crippen molar-refractivity contribution < 1.29 is 4.74 Å². The molecule has 1 rings (SSSR count). The van der Waals surface area contributed by atoms with Crippen molar-refractivity contribution >= 4 is 41.7 Å². The molecule has 18 heavy (non-hydrogen) atoms. The van der Waals surface area contributed by atoms with E-state index in [1.807, 2.05) is 11.8 Å². The number of halogens is 1. The van der Waals surface area contributed by atoms with E-state index in [-0.39, 0.29) is 28.7 Å². The SMILES string of the molecule is CCCCNC(N)=NCC1(SC)CCOCC1.I. The van der Waals surface area contributed by atoms with Gasteiger partial charge in [-0.15, -0.1) is 24.0 Å². The summed E-state index contributed by atoms with van der Waals surface area (Å²) < 4.78 is 5.64. The van der Waals surface area contributed by atoms with Crippen molar-refractivity contribution in [3.8, 4) is 0 Å². The molecule has 0 aliphatic carbocycles. The molecule has 4 nitrogen and oxygen atoms in total. The van der Waals surface area contributed by atoms with Crippen LogP contribution in [0.3, 0.4) is 0 Å². The van der Waals surface area contributed by atoms with Crippen molar-refractivity contribution in [2.45, 2.75) is 37.4 Å². The molecular weight excluding hydrogens is 361 g/mol. The van der Waals surface area contributed by atoms with Gasteiger partial charge in [-0.2, -0.15) is 11.8 Å². The van der Waals surface area contributed by atoms with Gasteiger partial charge in [0.1, 0.15) is 0 Å². The number of rotatable bonds is 6. The number of hydrogen-bond donors (Lipinski definition) is 2. The Morgan fingerprint density at radius 3 is 2.67 bits per heavy atom. The summed E-state index contributed by atoms with van der Waals surface area (Å²) in [4.78, 5) is 4.47. The summed E-state index contributed by atoms with van der Waals surface area (Å²) in [5.41, 5.74) is 5.84.